The molecule has 0 unspecified atom stereocenters. The first kappa shape index (κ1) is 12.3. The molecule has 16 heavy (non-hydrogen) atoms. The highest BCUT2D eigenvalue weighted by atomic mass is 16.6. The highest BCUT2D eigenvalue weighted by Gasteiger charge is 2.14. The number of nitrogens with zero attached hydrogens (tertiary/aromatic N) is 1. The predicted octanol–water partition coefficient (Wildman–Crippen LogP) is 2.75. The molecule has 1 aromatic rings. The molecule has 0 aliphatic heterocycles. The Hall–Kier alpha value is -1.78. The maximum atomic E-state index is 10.6. The molecule has 1 aromatic carbocycles. The van der Waals surface area contributed by atoms with Crippen molar-refractivity contribution in [3.05, 3.63) is 28.3 Å². The van der Waals surface area contributed by atoms with Crippen LogP contribution in [0.1, 0.15) is 26.2 Å². The zero-order valence-electron chi connectivity index (χ0n) is 9.31. The normalized spacial score (nSPS) is 10.1. The molecule has 0 atom stereocenters. The van der Waals surface area contributed by atoms with E-state index < -0.39 is 4.92 Å². The fourth-order valence-electron chi connectivity index (χ4n) is 1.35. The zero-order chi connectivity index (χ0) is 12.0. The number of anilines is 1. The summed E-state index contributed by atoms with van der Waals surface area (Å²) in [7, 11) is 0. The van der Waals surface area contributed by atoms with Crippen LogP contribution >= 0.6 is 0 Å². The summed E-state index contributed by atoms with van der Waals surface area (Å²) in [6.07, 6.45) is 3.11. The third kappa shape index (κ3) is 3.12. The van der Waals surface area contributed by atoms with Gasteiger partial charge in [-0.15, -0.1) is 0 Å². The van der Waals surface area contributed by atoms with E-state index >= 15 is 0 Å². The van der Waals surface area contributed by atoms with E-state index in [9.17, 15) is 10.1 Å². The van der Waals surface area contributed by atoms with E-state index in [0.29, 0.717) is 12.4 Å². The van der Waals surface area contributed by atoms with Gasteiger partial charge in [0, 0.05) is 6.07 Å². The molecule has 0 heterocycles. The number of nitro groups is 1. The van der Waals surface area contributed by atoms with Gasteiger partial charge in [0.05, 0.1) is 11.5 Å². The lowest BCUT2D eigenvalue weighted by atomic mass is 10.2. The molecule has 5 nitrogen and oxygen atoms in total. The average molecular weight is 224 g/mol. The van der Waals surface area contributed by atoms with Crippen molar-refractivity contribution in [1.29, 1.82) is 0 Å². The number of nitro benzene ring substituents is 1. The van der Waals surface area contributed by atoms with Crippen LogP contribution in [0, 0.1) is 10.1 Å². The minimum Gasteiger partial charge on any atom is -0.491 e. The molecule has 0 radical (unpaired) electrons. The topological polar surface area (TPSA) is 78.4 Å². The maximum Gasteiger partial charge on any atom is 0.295 e. The molecule has 0 saturated heterocycles. The molecule has 0 amide bonds. The van der Waals surface area contributed by atoms with Crippen molar-refractivity contribution in [3.8, 4) is 5.75 Å². The van der Waals surface area contributed by atoms with E-state index in [4.69, 9.17) is 10.5 Å². The van der Waals surface area contributed by atoms with Gasteiger partial charge in [-0.2, -0.15) is 0 Å². The molecule has 5 heteroatoms. The molecule has 1 rings (SSSR count). The summed E-state index contributed by atoms with van der Waals surface area (Å²) in [6, 6.07) is 4.59. The Labute approximate surface area is 94.4 Å². The molecular weight excluding hydrogens is 208 g/mol. The lowest BCUT2D eigenvalue weighted by Gasteiger charge is -2.08. The number of hydrogen-bond acceptors (Lipinski definition) is 4. The lowest BCUT2D eigenvalue weighted by Crippen LogP contribution is -2.02. The Bertz CT molecular complexity index is 366. The number of para-hydroxylation sites is 1. The Balaban J connectivity index is 2.66. The molecule has 0 spiro atoms. The van der Waals surface area contributed by atoms with Gasteiger partial charge < -0.3 is 10.5 Å². The molecule has 0 bridgehead atoms. The summed E-state index contributed by atoms with van der Waals surface area (Å²) < 4.78 is 5.40. The molecule has 0 saturated carbocycles. The van der Waals surface area contributed by atoms with Crippen LogP contribution in [-0.2, 0) is 0 Å². The second-order valence-corrected chi connectivity index (χ2v) is 3.50. The second-order valence-electron chi connectivity index (χ2n) is 3.50. The first-order valence-electron chi connectivity index (χ1n) is 5.32. The molecule has 0 aliphatic carbocycles. The minimum atomic E-state index is -0.506. The van der Waals surface area contributed by atoms with E-state index in [2.05, 4.69) is 6.92 Å². The zero-order valence-corrected chi connectivity index (χ0v) is 9.31. The minimum absolute atomic E-state index is 0.101. The van der Waals surface area contributed by atoms with Crippen LogP contribution in [0.3, 0.4) is 0 Å². The summed E-state index contributed by atoms with van der Waals surface area (Å²) in [4.78, 5) is 10.1. The Kier molecular flexibility index (Phi) is 4.57. The average Bonchev–Trinajstić information content (AvgIpc) is 2.26. The predicted molar refractivity (Wildman–Crippen MR) is 62.5 cm³/mol. The molecular formula is C11H16N2O3. The van der Waals surface area contributed by atoms with Gasteiger partial charge in [-0.25, -0.2) is 0 Å². The highest BCUT2D eigenvalue weighted by molar-refractivity contribution is 5.66. The van der Waals surface area contributed by atoms with Crippen molar-refractivity contribution >= 4 is 11.4 Å². The number of nitrogens with two attached hydrogens (primary N) is 1. The molecule has 0 fully saturated rings. The molecule has 0 aromatic heterocycles. The van der Waals surface area contributed by atoms with Crippen LogP contribution in [0.5, 0.6) is 5.75 Å². The van der Waals surface area contributed by atoms with Gasteiger partial charge in [-0.3, -0.25) is 10.1 Å². The Morgan fingerprint density at radius 3 is 2.81 bits per heavy atom. The number of nitrogen functional groups attached to an aromatic ring is 1. The van der Waals surface area contributed by atoms with E-state index in [1.54, 1.807) is 12.1 Å². The van der Waals surface area contributed by atoms with Gasteiger partial charge >= 0.3 is 0 Å². The van der Waals surface area contributed by atoms with Gasteiger partial charge in [0.15, 0.2) is 5.69 Å². The third-order valence-electron chi connectivity index (χ3n) is 2.25. The van der Waals surface area contributed by atoms with Crippen molar-refractivity contribution < 1.29 is 9.66 Å². The summed E-state index contributed by atoms with van der Waals surface area (Å²) in [5, 5.41) is 10.6. The SMILES string of the molecule is CCCCCOc1cccc([N+](=O)[O-])c1N. The standard InChI is InChI=1S/C11H16N2O3/c1-2-3-4-8-16-10-7-5-6-9(11(10)12)13(14)15/h5-7H,2-4,8,12H2,1H3. The van der Waals surface area contributed by atoms with Crippen LogP contribution in [0.2, 0.25) is 0 Å². The first-order chi connectivity index (χ1) is 7.66. The van der Waals surface area contributed by atoms with E-state index in [-0.39, 0.29) is 11.4 Å². The Morgan fingerprint density at radius 2 is 2.19 bits per heavy atom. The van der Waals surface area contributed by atoms with E-state index in [0.717, 1.165) is 19.3 Å². The second kappa shape index (κ2) is 5.95. The summed E-state index contributed by atoms with van der Waals surface area (Å²) in [5.41, 5.74) is 5.63. The molecule has 88 valence electrons. The van der Waals surface area contributed by atoms with Crippen molar-refractivity contribution in [2.45, 2.75) is 26.2 Å². The maximum absolute atomic E-state index is 10.6. The molecule has 2 N–H and O–H groups in total. The van der Waals surface area contributed by atoms with Crippen molar-refractivity contribution in [2.75, 3.05) is 12.3 Å². The van der Waals surface area contributed by atoms with Crippen molar-refractivity contribution in [3.63, 3.8) is 0 Å². The lowest BCUT2D eigenvalue weighted by molar-refractivity contribution is -0.384. The van der Waals surface area contributed by atoms with Gasteiger partial charge in [0.25, 0.3) is 5.69 Å². The quantitative estimate of drug-likeness (QED) is 0.349. The van der Waals surface area contributed by atoms with Crippen molar-refractivity contribution in [1.82, 2.24) is 0 Å². The first-order valence-corrected chi connectivity index (χ1v) is 5.32. The van der Waals surface area contributed by atoms with Crippen LogP contribution in [0.25, 0.3) is 0 Å². The van der Waals surface area contributed by atoms with Gasteiger partial charge in [-0.05, 0) is 12.5 Å². The number of rotatable bonds is 6. The van der Waals surface area contributed by atoms with Crippen LogP contribution < -0.4 is 10.5 Å². The van der Waals surface area contributed by atoms with Gasteiger partial charge in [0.2, 0.25) is 0 Å². The van der Waals surface area contributed by atoms with Gasteiger partial charge in [-0.1, -0.05) is 25.8 Å². The summed E-state index contributed by atoms with van der Waals surface area (Å²) in [5.74, 6) is 0.394. The van der Waals surface area contributed by atoms with Gasteiger partial charge in [0.1, 0.15) is 5.75 Å². The monoisotopic (exact) mass is 224 g/mol. The smallest absolute Gasteiger partial charge is 0.295 e. The fourth-order valence-corrected chi connectivity index (χ4v) is 1.35. The van der Waals surface area contributed by atoms with Crippen LogP contribution in [0.4, 0.5) is 11.4 Å². The number of ether oxygens (including phenoxy) is 1. The van der Waals surface area contributed by atoms with Crippen LogP contribution in [-0.4, -0.2) is 11.5 Å². The van der Waals surface area contributed by atoms with Crippen molar-refractivity contribution in [2.24, 2.45) is 0 Å². The summed E-state index contributed by atoms with van der Waals surface area (Å²) >= 11 is 0. The fraction of sp³-hybridized carbons (Fsp3) is 0.455. The third-order valence-corrected chi connectivity index (χ3v) is 2.25. The largest absolute Gasteiger partial charge is 0.491 e. The number of hydrogen-bond donors (Lipinski definition) is 1. The van der Waals surface area contributed by atoms with Crippen LogP contribution in [0.15, 0.2) is 18.2 Å². The number of benzene rings is 1. The number of unbranched alkanes of at least 4 members (excludes halogenated alkanes) is 2. The molecule has 0 aliphatic rings. The highest BCUT2D eigenvalue weighted by Crippen LogP contribution is 2.30. The Morgan fingerprint density at radius 1 is 1.44 bits per heavy atom. The van der Waals surface area contributed by atoms with E-state index in [1.807, 2.05) is 0 Å². The summed E-state index contributed by atoms with van der Waals surface area (Å²) in [6.45, 7) is 2.64. The van der Waals surface area contributed by atoms with E-state index in [1.165, 1.54) is 6.07 Å².